The second kappa shape index (κ2) is 6.35. The number of azide groups is 1. The summed E-state index contributed by atoms with van der Waals surface area (Å²) in [7, 11) is 2.15. The van der Waals surface area contributed by atoms with E-state index in [1.54, 1.807) is 0 Å². The zero-order valence-electron chi connectivity index (χ0n) is 10.7. The minimum absolute atomic E-state index is 0.326. The number of piperazine rings is 1. The normalized spacial score (nSPS) is 17.4. The Morgan fingerprint density at radius 2 is 2.00 bits per heavy atom. The Bertz CT molecular complexity index is 432. The van der Waals surface area contributed by atoms with Crippen LogP contribution in [0, 0.1) is 0 Å². The second-order valence-electron chi connectivity index (χ2n) is 4.59. The number of hydrogen-bond acceptors (Lipinski definition) is 4. The first kappa shape index (κ1) is 12.8. The van der Waals surface area contributed by atoms with Crippen LogP contribution in [0.1, 0.15) is 11.4 Å². The van der Waals surface area contributed by atoms with E-state index in [-0.39, 0.29) is 0 Å². The maximum atomic E-state index is 8.30. The van der Waals surface area contributed by atoms with Gasteiger partial charge in [-0.2, -0.15) is 0 Å². The van der Waals surface area contributed by atoms with Crippen molar-refractivity contribution < 1.29 is 0 Å². The summed E-state index contributed by atoms with van der Waals surface area (Å²) < 4.78 is 0. The Hall–Kier alpha value is -1.62. The van der Waals surface area contributed by atoms with Crippen molar-refractivity contribution in [2.45, 2.75) is 13.1 Å². The Morgan fingerprint density at radius 1 is 1.28 bits per heavy atom. The average Bonchev–Trinajstić information content (AvgIpc) is 2.40. The predicted molar refractivity (Wildman–Crippen MR) is 69.9 cm³/mol. The minimum atomic E-state index is 0.326. The van der Waals surface area contributed by atoms with Crippen molar-refractivity contribution in [2.75, 3.05) is 33.2 Å². The van der Waals surface area contributed by atoms with Crippen LogP contribution in [-0.2, 0) is 13.1 Å². The van der Waals surface area contributed by atoms with Gasteiger partial charge in [0, 0.05) is 43.3 Å². The van der Waals surface area contributed by atoms with E-state index in [0.717, 1.165) is 44.1 Å². The van der Waals surface area contributed by atoms with Gasteiger partial charge in [0.15, 0.2) is 0 Å². The summed E-state index contributed by atoms with van der Waals surface area (Å²) in [6, 6.07) is 5.89. The lowest BCUT2D eigenvalue weighted by molar-refractivity contribution is 0.147. The van der Waals surface area contributed by atoms with Gasteiger partial charge < -0.3 is 4.90 Å². The quantitative estimate of drug-likeness (QED) is 0.460. The molecule has 0 radical (unpaired) electrons. The summed E-state index contributed by atoms with van der Waals surface area (Å²) in [5.74, 6) is 0. The highest BCUT2D eigenvalue weighted by Gasteiger charge is 2.14. The van der Waals surface area contributed by atoms with Gasteiger partial charge in [-0.1, -0.05) is 11.2 Å². The third-order valence-electron chi connectivity index (χ3n) is 3.14. The molecule has 1 aliphatic rings. The highest BCUT2D eigenvalue weighted by atomic mass is 15.2. The molecular weight excluding hydrogens is 228 g/mol. The molecule has 0 amide bonds. The van der Waals surface area contributed by atoms with Crippen molar-refractivity contribution >= 4 is 0 Å². The number of nitrogens with zero attached hydrogens (tertiary/aromatic N) is 6. The maximum Gasteiger partial charge on any atom is 0.0684 e. The monoisotopic (exact) mass is 246 g/mol. The molecule has 18 heavy (non-hydrogen) atoms. The highest BCUT2D eigenvalue weighted by molar-refractivity contribution is 5.11. The van der Waals surface area contributed by atoms with Gasteiger partial charge in [0.05, 0.1) is 12.2 Å². The van der Waals surface area contributed by atoms with Crippen molar-refractivity contribution in [2.24, 2.45) is 5.11 Å². The molecular formula is C12H18N6. The summed E-state index contributed by atoms with van der Waals surface area (Å²) in [5, 5.41) is 3.54. The zero-order valence-corrected chi connectivity index (χ0v) is 10.7. The molecule has 2 heterocycles. The number of aromatic nitrogens is 1. The maximum absolute atomic E-state index is 8.30. The van der Waals surface area contributed by atoms with Crippen LogP contribution in [-0.4, -0.2) is 48.0 Å². The zero-order chi connectivity index (χ0) is 12.8. The largest absolute Gasteiger partial charge is 0.304 e. The lowest BCUT2D eigenvalue weighted by atomic mass is 10.2. The van der Waals surface area contributed by atoms with Crippen LogP contribution in [0.5, 0.6) is 0 Å². The molecule has 0 aliphatic carbocycles. The van der Waals surface area contributed by atoms with Gasteiger partial charge in [-0.05, 0) is 24.7 Å². The van der Waals surface area contributed by atoms with Crippen LogP contribution in [0.4, 0.5) is 0 Å². The molecule has 0 aromatic carbocycles. The molecule has 0 unspecified atom stereocenters. The molecule has 6 heteroatoms. The lowest BCUT2D eigenvalue weighted by Crippen LogP contribution is -2.44. The number of pyridine rings is 1. The minimum Gasteiger partial charge on any atom is -0.304 e. The molecule has 1 aromatic rings. The van der Waals surface area contributed by atoms with Gasteiger partial charge in [0.2, 0.25) is 0 Å². The number of hydrogen-bond donors (Lipinski definition) is 0. The second-order valence-corrected chi connectivity index (χ2v) is 4.59. The summed E-state index contributed by atoms with van der Waals surface area (Å²) >= 11 is 0. The number of rotatable bonds is 4. The van der Waals surface area contributed by atoms with Gasteiger partial charge in [0.1, 0.15) is 0 Å². The fraction of sp³-hybridized carbons (Fsp3) is 0.583. The first-order valence-corrected chi connectivity index (χ1v) is 6.14. The Labute approximate surface area is 107 Å². The SMILES string of the molecule is CN1CCN(Cc2cccc(CN=[N+]=[N-])n2)CC1. The van der Waals surface area contributed by atoms with Crippen molar-refractivity contribution in [3.8, 4) is 0 Å². The molecule has 0 N–H and O–H groups in total. The first-order chi connectivity index (χ1) is 8.78. The smallest absolute Gasteiger partial charge is 0.0684 e. The molecule has 0 saturated carbocycles. The van der Waals surface area contributed by atoms with E-state index in [1.807, 2.05) is 18.2 Å². The van der Waals surface area contributed by atoms with Gasteiger partial charge in [-0.3, -0.25) is 9.88 Å². The van der Waals surface area contributed by atoms with Gasteiger partial charge in [0.25, 0.3) is 0 Å². The highest BCUT2D eigenvalue weighted by Crippen LogP contribution is 2.07. The Kier molecular flexibility index (Phi) is 4.52. The Morgan fingerprint density at radius 3 is 2.72 bits per heavy atom. The molecule has 1 saturated heterocycles. The summed E-state index contributed by atoms with van der Waals surface area (Å²) in [6.45, 7) is 5.58. The van der Waals surface area contributed by atoms with Crippen LogP contribution < -0.4 is 0 Å². The summed E-state index contributed by atoms with van der Waals surface area (Å²) in [4.78, 5) is 12.0. The summed E-state index contributed by atoms with van der Waals surface area (Å²) in [6.07, 6.45) is 0. The third kappa shape index (κ3) is 3.70. The van der Waals surface area contributed by atoms with Crippen molar-refractivity contribution in [3.05, 3.63) is 40.0 Å². The Balaban J connectivity index is 1.94. The average molecular weight is 246 g/mol. The van der Waals surface area contributed by atoms with E-state index in [9.17, 15) is 0 Å². The fourth-order valence-corrected chi connectivity index (χ4v) is 2.04. The molecule has 6 nitrogen and oxygen atoms in total. The van der Waals surface area contributed by atoms with E-state index in [2.05, 4.69) is 31.9 Å². The van der Waals surface area contributed by atoms with E-state index in [4.69, 9.17) is 5.53 Å². The van der Waals surface area contributed by atoms with E-state index < -0.39 is 0 Å². The lowest BCUT2D eigenvalue weighted by Gasteiger charge is -2.32. The molecule has 1 aliphatic heterocycles. The van der Waals surface area contributed by atoms with Gasteiger partial charge in [-0.25, -0.2) is 0 Å². The molecule has 1 aromatic heterocycles. The topological polar surface area (TPSA) is 68.1 Å². The van der Waals surface area contributed by atoms with Crippen molar-refractivity contribution in [1.29, 1.82) is 0 Å². The summed E-state index contributed by atoms with van der Waals surface area (Å²) in [5.41, 5.74) is 10.2. The third-order valence-corrected chi connectivity index (χ3v) is 3.14. The molecule has 1 fully saturated rings. The number of likely N-dealkylation sites (N-methyl/N-ethyl adjacent to an activating group) is 1. The van der Waals surface area contributed by atoms with Crippen LogP contribution in [0.25, 0.3) is 10.4 Å². The van der Waals surface area contributed by atoms with Crippen LogP contribution in [0.2, 0.25) is 0 Å². The van der Waals surface area contributed by atoms with Gasteiger partial charge >= 0.3 is 0 Å². The van der Waals surface area contributed by atoms with E-state index >= 15 is 0 Å². The fourth-order valence-electron chi connectivity index (χ4n) is 2.04. The van der Waals surface area contributed by atoms with E-state index in [0.29, 0.717) is 6.54 Å². The molecule has 0 bridgehead atoms. The first-order valence-electron chi connectivity index (χ1n) is 6.14. The predicted octanol–water partition coefficient (Wildman–Crippen LogP) is 1.64. The molecule has 0 atom stereocenters. The van der Waals surface area contributed by atoms with Crippen LogP contribution in [0.15, 0.2) is 23.3 Å². The molecule has 0 spiro atoms. The van der Waals surface area contributed by atoms with Crippen LogP contribution in [0.3, 0.4) is 0 Å². The van der Waals surface area contributed by atoms with Crippen LogP contribution >= 0.6 is 0 Å². The van der Waals surface area contributed by atoms with Crippen molar-refractivity contribution in [1.82, 2.24) is 14.8 Å². The van der Waals surface area contributed by atoms with E-state index in [1.165, 1.54) is 0 Å². The molecule has 2 rings (SSSR count). The standard InChI is InChI=1S/C12H18N6/c1-17-5-7-18(8-6-17)10-12-4-2-3-11(15-12)9-14-16-13/h2-4H,5-10H2,1H3. The van der Waals surface area contributed by atoms with Gasteiger partial charge in [-0.15, -0.1) is 0 Å². The van der Waals surface area contributed by atoms with Crippen molar-refractivity contribution in [3.63, 3.8) is 0 Å². The molecule has 96 valence electrons.